The summed E-state index contributed by atoms with van der Waals surface area (Å²) in [6, 6.07) is 8.09. The highest BCUT2D eigenvalue weighted by molar-refractivity contribution is 5.58. The van der Waals surface area contributed by atoms with Gasteiger partial charge in [-0.3, -0.25) is 4.90 Å². The Morgan fingerprint density at radius 2 is 2.00 bits per heavy atom. The first-order valence-corrected chi connectivity index (χ1v) is 11.9. The Bertz CT molecular complexity index is 835. The number of aromatic nitrogens is 2. The predicted molar refractivity (Wildman–Crippen MR) is 130 cm³/mol. The Morgan fingerprint density at radius 1 is 1.16 bits per heavy atom. The van der Waals surface area contributed by atoms with Crippen molar-refractivity contribution in [1.29, 1.82) is 0 Å². The molecule has 1 aromatic carbocycles. The minimum atomic E-state index is 0.601. The number of piperidine rings is 1. The summed E-state index contributed by atoms with van der Waals surface area (Å²) >= 11 is 0. The quantitative estimate of drug-likeness (QED) is 0.398. The summed E-state index contributed by atoms with van der Waals surface area (Å²) in [5.74, 6) is 3.08. The normalized spacial score (nSPS) is 17.4. The summed E-state index contributed by atoms with van der Waals surface area (Å²) in [5, 5.41) is 13.8. The maximum atomic E-state index is 5.58. The molecule has 8 heteroatoms. The molecular weight excluding hydrogens is 402 g/mol. The van der Waals surface area contributed by atoms with Gasteiger partial charge in [0, 0.05) is 31.6 Å². The first kappa shape index (κ1) is 22.8. The molecule has 0 spiro atoms. The molecule has 174 valence electrons. The van der Waals surface area contributed by atoms with Crippen LogP contribution < -0.4 is 26.0 Å². The van der Waals surface area contributed by atoms with E-state index in [1.54, 1.807) is 13.3 Å². The molecule has 4 rings (SSSR count). The lowest BCUT2D eigenvalue weighted by atomic mass is 9.98. The van der Waals surface area contributed by atoms with Crippen LogP contribution in [0.25, 0.3) is 0 Å². The molecule has 0 bridgehead atoms. The average Bonchev–Trinajstić information content (AvgIpc) is 3.35. The van der Waals surface area contributed by atoms with E-state index >= 15 is 0 Å². The minimum Gasteiger partial charge on any atom is -0.496 e. The van der Waals surface area contributed by atoms with E-state index in [-0.39, 0.29) is 0 Å². The molecule has 2 aliphatic rings. The Hall–Kier alpha value is -2.42. The summed E-state index contributed by atoms with van der Waals surface area (Å²) < 4.78 is 5.58. The van der Waals surface area contributed by atoms with Crippen molar-refractivity contribution in [3.8, 4) is 5.75 Å². The molecule has 2 fully saturated rings. The van der Waals surface area contributed by atoms with Gasteiger partial charge in [-0.1, -0.05) is 0 Å². The van der Waals surface area contributed by atoms with Crippen molar-refractivity contribution >= 4 is 17.5 Å². The van der Waals surface area contributed by atoms with Gasteiger partial charge in [-0.15, -0.1) is 0 Å². The molecule has 1 aromatic heterocycles. The van der Waals surface area contributed by atoms with E-state index in [0.29, 0.717) is 11.9 Å². The topological polar surface area (TPSA) is 86.4 Å². The molecule has 2 aliphatic heterocycles. The highest BCUT2D eigenvalue weighted by Gasteiger charge is 2.13. The Labute approximate surface area is 191 Å². The van der Waals surface area contributed by atoms with Gasteiger partial charge < -0.3 is 26.0 Å². The number of likely N-dealkylation sites (tertiary alicyclic amines) is 1. The lowest BCUT2D eigenvalue weighted by molar-refractivity contribution is 0.310. The molecule has 2 aromatic rings. The summed E-state index contributed by atoms with van der Waals surface area (Å²) in [6.45, 7) is 7.47. The van der Waals surface area contributed by atoms with E-state index in [2.05, 4.69) is 42.2 Å². The second kappa shape index (κ2) is 12.0. The SMILES string of the molecule is COc1ccc(Nc2nccc(NCC3CCNCC3)n2)cc1CCNCN1CCCC1. The maximum Gasteiger partial charge on any atom is 0.229 e. The zero-order chi connectivity index (χ0) is 22.0. The summed E-state index contributed by atoms with van der Waals surface area (Å²) in [4.78, 5) is 11.5. The summed E-state index contributed by atoms with van der Waals surface area (Å²) in [7, 11) is 1.73. The molecule has 0 unspecified atom stereocenters. The number of nitrogens with zero attached hydrogens (tertiary/aromatic N) is 3. The Morgan fingerprint density at radius 3 is 2.81 bits per heavy atom. The number of ether oxygens (including phenoxy) is 1. The van der Waals surface area contributed by atoms with Gasteiger partial charge in [-0.2, -0.15) is 4.98 Å². The van der Waals surface area contributed by atoms with Gasteiger partial charge in [-0.25, -0.2) is 4.98 Å². The van der Waals surface area contributed by atoms with Crippen LogP contribution in [-0.2, 0) is 6.42 Å². The highest BCUT2D eigenvalue weighted by Crippen LogP contribution is 2.25. The molecular formula is C24H37N7O. The number of rotatable bonds is 11. The second-order valence-corrected chi connectivity index (χ2v) is 8.72. The van der Waals surface area contributed by atoms with Gasteiger partial charge in [0.15, 0.2) is 0 Å². The van der Waals surface area contributed by atoms with Crippen molar-refractivity contribution in [3.63, 3.8) is 0 Å². The molecule has 32 heavy (non-hydrogen) atoms. The Kier molecular flexibility index (Phi) is 8.53. The van der Waals surface area contributed by atoms with Crippen molar-refractivity contribution < 1.29 is 4.74 Å². The van der Waals surface area contributed by atoms with Crippen molar-refractivity contribution in [2.45, 2.75) is 32.1 Å². The molecule has 0 radical (unpaired) electrons. The number of benzene rings is 1. The van der Waals surface area contributed by atoms with Crippen LogP contribution in [0.4, 0.5) is 17.5 Å². The molecule has 8 nitrogen and oxygen atoms in total. The van der Waals surface area contributed by atoms with Crippen LogP contribution in [0, 0.1) is 5.92 Å². The fourth-order valence-corrected chi connectivity index (χ4v) is 4.43. The van der Waals surface area contributed by atoms with E-state index in [4.69, 9.17) is 4.74 Å². The third kappa shape index (κ3) is 6.79. The Balaban J connectivity index is 1.31. The second-order valence-electron chi connectivity index (χ2n) is 8.72. The number of nitrogens with one attached hydrogen (secondary N) is 4. The van der Waals surface area contributed by atoms with Gasteiger partial charge >= 0.3 is 0 Å². The van der Waals surface area contributed by atoms with Crippen molar-refractivity contribution in [2.75, 3.05) is 63.7 Å². The molecule has 0 aliphatic carbocycles. The molecule has 0 amide bonds. The largest absolute Gasteiger partial charge is 0.496 e. The van der Waals surface area contributed by atoms with E-state index < -0.39 is 0 Å². The predicted octanol–water partition coefficient (Wildman–Crippen LogP) is 2.83. The molecule has 2 saturated heterocycles. The summed E-state index contributed by atoms with van der Waals surface area (Å²) in [6.07, 6.45) is 7.77. The first-order chi connectivity index (χ1) is 15.8. The van der Waals surface area contributed by atoms with Crippen LogP contribution in [0.15, 0.2) is 30.5 Å². The summed E-state index contributed by atoms with van der Waals surface area (Å²) in [5.41, 5.74) is 2.14. The highest BCUT2D eigenvalue weighted by atomic mass is 16.5. The zero-order valence-electron chi connectivity index (χ0n) is 19.2. The van der Waals surface area contributed by atoms with E-state index in [1.165, 1.54) is 44.3 Å². The van der Waals surface area contributed by atoms with Gasteiger partial charge in [-0.05, 0) is 94.0 Å². The van der Waals surface area contributed by atoms with Crippen LogP contribution in [-0.4, -0.2) is 67.9 Å². The third-order valence-corrected chi connectivity index (χ3v) is 6.33. The molecule has 3 heterocycles. The van der Waals surface area contributed by atoms with Gasteiger partial charge in [0.1, 0.15) is 11.6 Å². The standard InChI is InChI=1S/C24H37N7O/c1-32-22-5-4-21(16-20(22)8-12-26-18-31-14-2-3-15-31)29-24-27-13-9-23(30-24)28-17-19-6-10-25-11-7-19/h4-5,9,13,16,19,25-26H,2-3,6-8,10-12,14-15,17-18H2,1H3,(H2,27,28,29,30). The lowest BCUT2D eigenvalue weighted by Crippen LogP contribution is -2.33. The number of hydrogen-bond donors (Lipinski definition) is 4. The van der Waals surface area contributed by atoms with Gasteiger partial charge in [0.2, 0.25) is 5.95 Å². The molecule has 0 atom stereocenters. The van der Waals surface area contributed by atoms with Crippen LogP contribution in [0.5, 0.6) is 5.75 Å². The third-order valence-electron chi connectivity index (χ3n) is 6.33. The average molecular weight is 440 g/mol. The van der Waals surface area contributed by atoms with E-state index in [9.17, 15) is 0 Å². The lowest BCUT2D eigenvalue weighted by Gasteiger charge is -2.23. The fourth-order valence-electron chi connectivity index (χ4n) is 4.43. The monoisotopic (exact) mass is 439 g/mol. The van der Waals surface area contributed by atoms with Gasteiger partial charge in [0.05, 0.1) is 7.11 Å². The maximum absolute atomic E-state index is 5.58. The van der Waals surface area contributed by atoms with Crippen molar-refractivity contribution in [1.82, 2.24) is 25.5 Å². The smallest absolute Gasteiger partial charge is 0.229 e. The fraction of sp³-hybridized carbons (Fsp3) is 0.583. The van der Waals surface area contributed by atoms with Crippen molar-refractivity contribution in [2.24, 2.45) is 5.92 Å². The molecule has 4 N–H and O–H groups in total. The van der Waals surface area contributed by atoms with Crippen LogP contribution in [0.2, 0.25) is 0 Å². The first-order valence-electron chi connectivity index (χ1n) is 11.9. The van der Waals surface area contributed by atoms with Gasteiger partial charge in [0.25, 0.3) is 0 Å². The van der Waals surface area contributed by atoms with Crippen LogP contribution in [0.1, 0.15) is 31.2 Å². The van der Waals surface area contributed by atoms with Crippen LogP contribution >= 0.6 is 0 Å². The number of anilines is 3. The zero-order valence-corrected chi connectivity index (χ0v) is 19.2. The molecule has 0 saturated carbocycles. The number of methoxy groups -OCH3 is 1. The van der Waals surface area contributed by atoms with Crippen molar-refractivity contribution in [3.05, 3.63) is 36.0 Å². The number of hydrogen-bond acceptors (Lipinski definition) is 8. The van der Waals surface area contributed by atoms with E-state index in [0.717, 1.165) is 56.5 Å². The van der Waals surface area contributed by atoms with E-state index in [1.807, 2.05) is 18.2 Å². The minimum absolute atomic E-state index is 0.601. The van der Waals surface area contributed by atoms with Crippen LogP contribution in [0.3, 0.4) is 0 Å².